The van der Waals surface area contributed by atoms with Gasteiger partial charge in [0, 0.05) is 25.3 Å². The number of benzene rings is 1. The average Bonchev–Trinajstić information content (AvgIpc) is 2.31. The first kappa shape index (κ1) is 10.5. The number of hydrogen-bond acceptors (Lipinski definition) is 2. The topological polar surface area (TPSA) is 15.3 Å². The summed E-state index contributed by atoms with van der Waals surface area (Å²) in [6, 6.07) is 8.74. The van der Waals surface area contributed by atoms with Gasteiger partial charge in [0.25, 0.3) is 0 Å². The van der Waals surface area contributed by atoms with Crippen LogP contribution in [0.1, 0.15) is 24.8 Å². The number of anilines is 1. The smallest absolute Gasteiger partial charge is 0.0411 e. The maximum Gasteiger partial charge on any atom is 0.0411 e. The fraction of sp³-hybridized carbons (Fsp3) is 0.538. The molecule has 2 nitrogen and oxygen atoms in total. The van der Waals surface area contributed by atoms with Gasteiger partial charge >= 0.3 is 0 Å². The number of hydrogen-bond donors (Lipinski definition) is 1. The summed E-state index contributed by atoms with van der Waals surface area (Å²) in [7, 11) is 2.01. The van der Waals surface area contributed by atoms with Gasteiger partial charge in [-0.3, -0.25) is 0 Å². The Hall–Kier alpha value is -1.02. The van der Waals surface area contributed by atoms with Crippen molar-refractivity contribution >= 4 is 5.69 Å². The van der Waals surface area contributed by atoms with E-state index < -0.39 is 0 Å². The second-order valence-electron chi connectivity index (χ2n) is 4.21. The molecule has 0 bridgehead atoms. The molecule has 1 fully saturated rings. The minimum atomic E-state index is 0.965. The van der Waals surface area contributed by atoms with Crippen molar-refractivity contribution in [3.05, 3.63) is 29.8 Å². The molecule has 0 spiro atoms. The quantitative estimate of drug-likeness (QED) is 0.813. The normalized spacial score (nSPS) is 16.7. The lowest BCUT2D eigenvalue weighted by atomic mass is 10.1. The maximum absolute atomic E-state index is 3.24. The van der Waals surface area contributed by atoms with Crippen LogP contribution in [-0.2, 0) is 6.54 Å². The molecule has 1 N–H and O–H groups in total. The maximum atomic E-state index is 3.24. The number of rotatable bonds is 3. The lowest BCUT2D eigenvalue weighted by molar-refractivity contribution is 0.575. The molecule has 0 aromatic heterocycles. The van der Waals surface area contributed by atoms with E-state index in [1.54, 1.807) is 0 Å². The van der Waals surface area contributed by atoms with Crippen LogP contribution in [0.15, 0.2) is 24.3 Å². The highest BCUT2D eigenvalue weighted by Gasteiger charge is 2.13. The van der Waals surface area contributed by atoms with Gasteiger partial charge in [-0.25, -0.2) is 0 Å². The van der Waals surface area contributed by atoms with Gasteiger partial charge in [-0.2, -0.15) is 0 Å². The van der Waals surface area contributed by atoms with E-state index in [0.29, 0.717) is 0 Å². The Balaban J connectivity index is 2.17. The number of para-hydroxylation sites is 1. The summed E-state index contributed by atoms with van der Waals surface area (Å²) >= 11 is 0. The summed E-state index contributed by atoms with van der Waals surface area (Å²) in [4.78, 5) is 2.52. The first-order valence-corrected chi connectivity index (χ1v) is 5.89. The van der Waals surface area contributed by atoms with E-state index in [2.05, 4.69) is 34.5 Å². The van der Waals surface area contributed by atoms with Crippen LogP contribution < -0.4 is 10.2 Å². The van der Waals surface area contributed by atoms with Crippen LogP contribution in [-0.4, -0.2) is 20.1 Å². The second-order valence-corrected chi connectivity index (χ2v) is 4.21. The molecular formula is C13H20N2. The summed E-state index contributed by atoms with van der Waals surface area (Å²) in [5.74, 6) is 0. The number of nitrogens with zero attached hydrogens (tertiary/aromatic N) is 1. The Labute approximate surface area is 92.3 Å². The molecule has 0 radical (unpaired) electrons. The van der Waals surface area contributed by atoms with Crippen molar-refractivity contribution in [1.82, 2.24) is 5.32 Å². The highest BCUT2D eigenvalue weighted by Crippen LogP contribution is 2.23. The van der Waals surface area contributed by atoms with E-state index in [4.69, 9.17) is 0 Å². The van der Waals surface area contributed by atoms with Crippen molar-refractivity contribution in [3.8, 4) is 0 Å². The number of piperidine rings is 1. The first-order chi connectivity index (χ1) is 7.42. The van der Waals surface area contributed by atoms with Crippen molar-refractivity contribution in [2.24, 2.45) is 0 Å². The second kappa shape index (κ2) is 5.17. The SMILES string of the molecule is CNCc1ccccc1N1CCCCC1. The predicted octanol–water partition coefficient (Wildman–Crippen LogP) is 2.40. The zero-order valence-electron chi connectivity index (χ0n) is 9.50. The molecule has 1 aliphatic heterocycles. The summed E-state index contributed by atoms with van der Waals surface area (Å²) < 4.78 is 0. The third-order valence-corrected chi connectivity index (χ3v) is 3.06. The van der Waals surface area contributed by atoms with Gasteiger partial charge in [0.2, 0.25) is 0 Å². The molecule has 1 heterocycles. The third kappa shape index (κ3) is 2.51. The van der Waals surface area contributed by atoms with Crippen LogP contribution in [0.25, 0.3) is 0 Å². The molecule has 0 unspecified atom stereocenters. The van der Waals surface area contributed by atoms with Gasteiger partial charge in [0.15, 0.2) is 0 Å². The van der Waals surface area contributed by atoms with Gasteiger partial charge in [-0.1, -0.05) is 18.2 Å². The molecule has 82 valence electrons. The third-order valence-electron chi connectivity index (χ3n) is 3.06. The zero-order valence-corrected chi connectivity index (χ0v) is 9.50. The van der Waals surface area contributed by atoms with E-state index >= 15 is 0 Å². The van der Waals surface area contributed by atoms with Crippen molar-refractivity contribution < 1.29 is 0 Å². The molecule has 1 aliphatic rings. The largest absolute Gasteiger partial charge is 0.371 e. The van der Waals surface area contributed by atoms with E-state index in [0.717, 1.165) is 6.54 Å². The van der Waals surface area contributed by atoms with Crippen molar-refractivity contribution in [1.29, 1.82) is 0 Å². The summed E-state index contributed by atoms with van der Waals surface area (Å²) in [6.45, 7) is 3.41. The first-order valence-electron chi connectivity index (χ1n) is 5.89. The minimum absolute atomic E-state index is 0.965. The minimum Gasteiger partial charge on any atom is -0.371 e. The Morgan fingerprint density at radius 1 is 1.13 bits per heavy atom. The van der Waals surface area contributed by atoms with Crippen LogP contribution in [0.4, 0.5) is 5.69 Å². The molecule has 2 heteroatoms. The zero-order chi connectivity index (χ0) is 10.5. The van der Waals surface area contributed by atoms with E-state index in [1.165, 1.54) is 43.6 Å². The predicted molar refractivity (Wildman–Crippen MR) is 65.3 cm³/mol. The molecule has 15 heavy (non-hydrogen) atoms. The van der Waals surface area contributed by atoms with Crippen molar-refractivity contribution in [2.75, 3.05) is 25.0 Å². The molecule has 0 saturated carbocycles. The van der Waals surface area contributed by atoms with Gasteiger partial charge in [-0.05, 0) is 37.9 Å². The Kier molecular flexibility index (Phi) is 3.62. The lowest BCUT2D eigenvalue weighted by Crippen LogP contribution is -2.30. The molecule has 0 aliphatic carbocycles. The van der Waals surface area contributed by atoms with Gasteiger partial charge in [0.05, 0.1) is 0 Å². The summed E-state index contributed by atoms with van der Waals surface area (Å²) in [6.07, 6.45) is 4.08. The van der Waals surface area contributed by atoms with Crippen LogP contribution >= 0.6 is 0 Å². The Morgan fingerprint density at radius 2 is 1.87 bits per heavy atom. The molecule has 0 atom stereocenters. The van der Waals surface area contributed by atoms with Crippen LogP contribution in [0, 0.1) is 0 Å². The van der Waals surface area contributed by atoms with Crippen LogP contribution in [0.3, 0.4) is 0 Å². The standard InChI is InChI=1S/C13H20N2/c1-14-11-12-7-3-4-8-13(12)15-9-5-2-6-10-15/h3-4,7-8,14H,2,5-6,9-11H2,1H3. The van der Waals surface area contributed by atoms with Gasteiger partial charge < -0.3 is 10.2 Å². The monoisotopic (exact) mass is 204 g/mol. The van der Waals surface area contributed by atoms with E-state index in [1.807, 2.05) is 7.05 Å². The van der Waals surface area contributed by atoms with Gasteiger partial charge in [0.1, 0.15) is 0 Å². The lowest BCUT2D eigenvalue weighted by Gasteiger charge is -2.30. The van der Waals surface area contributed by atoms with E-state index in [9.17, 15) is 0 Å². The van der Waals surface area contributed by atoms with Crippen molar-refractivity contribution in [3.63, 3.8) is 0 Å². The molecular weight excluding hydrogens is 184 g/mol. The fourth-order valence-electron chi connectivity index (χ4n) is 2.29. The molecule has 1 saturated heterocycles. The fourth-order valence-corrected chi connectivity index (χ4v) is 2.29. The molecule has 1 aromatic rings. The highest BCUT2D eigenvalue weighted by atomic mass is 15.1. The Bertz CT molecular complexity index is 303. The van der Waals surface area contributed by atoms with E-state index in [-0.39, 0.29) is 0 Å². The molecule has 2 rings (SSSR count). The molecule has 1 aromatic carbocycles. The van der Waals surface area contributed by atoms with Crippen molar-refractivity contribution in [2.45, 2.75) is 25.8 Å². The number of nitrogens with one attached hydrogen (secondary N) is 1. The van der Waals surface area contributed by atoms with Crippen LogP contribution in [0.2, 0.25) is 0 Å². The highest BCUT2D eigenvalue weighted by molar-refractivity contribution is 5.53. The Morgan fingerprint density at radius 3 is 2.60 bits per heavy atom. The summed E-state index contributed by atoms with van der Waals surface area (Å²) in [5.41, 5.74) is 2.84. The van der Waals surface area contributed by atoms with Crippen LogP contribution in [0.5, 0.6) is 0 Å². The van der Waals surface area contributed by atoms with Gasteiger partial charge in [-0.15, -0.1) is 0 Å². The average molecular weight is 204 g/mol. The molecule has 0 amide bonds. The summed E-state index contributed by atoms with van der Waals surface area (Å²) in [5, 5.41) is 3.24.